The summed E-state index contributed by atoms with van der Waals surface area (Å²) in [5, 5.41) is 3.14. The highest BCUT2D eigenvalue weighted by molar-refractivity contribution is 7.99. The second kappa shape index (κ2) is 7.30. The molecule has 0 saturated heterocycles. The number of benzene rings is 1. The van der Waals surface area contributed by atoms with E-state index in [0.29, 0.717) is 5.75 Å². The third-order valence-corrected chi connectivity index (χ3v) is 3.25. The lowest BCUT2D eigenvalue weighted by Crippen LogP contribution is -2.43. The molecule has 0 heterocycles. The van der Waals surface area contributed by atoms with E-state index < -0.39 is 0 Å². The summed E-state index contributed by atoms with van der Waals surface area (Å²) >= 11 is 1.64. The van der Waals surface area contributed by atoms with Gasteiger partial charge in [0.05, 0.1) is 6.04 Å². The molecule has 0 aliphatic rings. The zero-order valence-corrected chi connectivity index (χ0v) is 10.3. The van der Waals surface area contributed by atoms with Crippen molar-refractivity contribution >= 4 is 17.7 Å². The first-order chi connectivity index (χ1) is 7.74. The Hall–Kier alpha value is -1.00. The van der Waals surface area contributed by atoms with Gasteiger partial charge in [0.15, 0.2) is 0 Å². The number of rotatable bonds is 7. The molecule has 3 nitrogen and oxygen atoms in total. The van der Waals surface area contributed by atoms with Crippen LogP contribution in [-0.2, 0) is 4.79 Å². The molecule has 1 unspecified atom stereocenters. The van der Waals surface area contributed by atoms with Crippen LogP contribution in [0.2, 0.25) is 0 Å². The van der Waals surface area contributed by atoms with E-state index in [1.165, 1.54) is 0 Å². The number of carbonyl (C=O) groups excluding carboxylic acids is 1. The Morgan fingerprint density at radius 2 is 2.12 bits per heavy atom. The Balaban J connectivity index is 2.41. The van der Waals surface area contributed by atoms with Gasteiger partial charge in [-0.15, -0.1) is 11.8 Å². The molecule has 1 rings (SSSR count). The summed E-state index contributed by atoms with van der Waals surface area (Å²) in [5.41, 5.74) is 5.33. The van der Waals surface area contributed by atoms with Crippen molar-refractivity contribution in [1.82, 2.24) is 5.32 Å². The van der Waals surface area contributed by atoms with Crippen molar-refractivity contribution in [3.63, 3.8) is 0 Å². The fraction of sp³-hybridized carbons (Fsp3) is 0.417. The van der Waals surface area contributed by atoms with E-state index in [0.717, 1.165) is 17.9 Å². The molecule has 88 valence electrons. The standard InChI is InChI=1S/C12H18N2OS/c1-2-8-14-11(12(13)15)9-16-10-6-4-3-5-7-10/h3-7,11,14H,2,8-9H2,1H3,(H2,13,15). The van der Waals surface area contributed by atoms with Crippen LogP contribution in [0.1, 0.15) is 13.3 Å². The van der Waals surface area contributed by atoms with E-state index in [-0.39, 0.29) is 11.9 Å². The number of amides is 1. The Morgan fingerprint density at radius 1 is 1.44 bits per heavy atom. The van der Waals surface area contributed by atoms with E-state index in [2.05, 4.69) is 12.2 Å². The number of thioether (sulfide) groups is 1. The summed E-state index contributed by atoms with van der Waals surface area (Å²) in [6.07, 6.45) is 1.000. The average Bonchev–Trinajstić information content (AvgIpc) is 2.30. The van der Waals surface area contributed by atoms with E-state index >= 15 is 0 Å². The topological polar surface area (TPSA) is 55.1 Å². The number of primary amides is 1. The van der Waals surface area contributed by atoms with E-state index in [9.17, 15) is 4.79 Å². The number of carbonyl (C=O) groups is 1. The molecule has 0 bridgehead atoms. The number of hydrogen-bond donors (Lipinski definition) is 2. The summed E-state index contributed by atoms with van der Waals surface area (Å²) in [6.45, 7) is 2.89. The van der Waals surface area contributed by atoms with Crippen LogP contribution >= 0.6 is 11.8 Å². The van der Waals surface area contributed by atoms with Gasteiger partial charge in [0.2, 0.25) is 5.91 Å². The highest BCUT2D eigenvalue weighted by atomic mass is 32.2. The molecule has 0 radical (unpaired) electrons. The Labute approximate surface area is 101 Å². The summed E-state index contributed by atoms with van der Waals surface area (Å²) in [7, 11) is 0. The lowest BCUT2D eigenvalue weighted by Gasteiger charge is -2.14. The van der Waals surface area contributed by atoms with Crippen LogP contribution < -0.4 is 11.1 Å². The second-order valence-electron chi connectivity index (χ2n) is 3.53. The summed E-state index contributed by atoms with van der Waals surface area (Å²) in [6, 6.07) is 9.77. The van der Waals surface area contributed by atoms with Gasteiger partial charge < -0.3 is 11.1 Å². The highest BCUT2D eigenvalue weighted by Gasteiger charge is 2.13. The van der Waals surface area contributed by atoms with Crippen LogP contribution in [0.3, 0.4) is 0 Å². The maximum absolute atomic E-state index is 11.2. The van der Waals surface area contributed by atoms with Crippen molar-refractivity contribution < 1.29 is 4.79 Å². The van der Waals surface area contributed by atoms with E-state index in [1.54, 1.807) is 11.8 Å². The molecule has 0 spiro atoms. The van der Waals surface area contributed by atoms with E-state index in [4.69, 9.17) is 5.73 Å². The van der Waals surface area contributed by atoms with Crippen LogP contribution in [0.25, 0.3) is 0 Å². The monoisotopic (exact) mass is 238 g/mol. The Bertz CT molecular complexity index is 316. The second-order valence-corrected chi connectivity index (χ2v) is 4.63. The van der Waals surface area contributed by atoms with Crippen molar-refractivity contribution in [2.75, 3.05) is 12.3 Å². The van der Waals surface area contributed by atoms with Crippen LogP contribution in [0.4, 0.5) is 0 Å². The minimum atomic E-state index is -0.281. The van der Waals surface area contributed by atoms with Crippen LogP contribution in [0, 0.1) is 0 Å². The van der Waals surface area contributed by atoms with E-state index in [1.807, 2.05) is 30.3 Å². The van der Waals surface area contributed by atoms with Gasteiger partial charge in [-0.25, -0.2) is 0 Å². The molecule has 0 fully saturated rings. The predicted molar refractivity (Wildman–Crippen MR) is 68.4 cm³/mol. The molecular weight excluding hydrogens is 220 g/mol. The summed E-state index contributed by atoms with van der Waals surface area (Å²) in [4.78, 5) is 12.3. The van der Waals surface area contributed by atoms with Crippen LogP contribution in [0.15, 0.2) is 35.2 Å². The lowest BCUT2D eigenvalue weighted by molar-refractivity contribution is -0.119. The van der Waals surface area contributed by atoms with Gasteiger partial charge in [-0.1, -0.05) is 25.1 Å². The zero-order chi connectivity index (χ0) is 11.8. The minimum Gasteiger partial charge on any atom is -0.368 e. The van der Waals surface area contributed by atoms with Gasteiger partial charge in [-0.2, -0.15) is 0 Å². The van der Waals surface area contributed by atoms with Crippen LogP contribution in [0.5, 0.6) is 0 Å². The van der Waals surface area contributed by atoms with Gasteiger partial charge in [-0.3, -0.25) is 4.79 Å². The molecule has 1 aromatic rings. The van der Waals surface area contributed by atoms with Gasteiger partial charge in [-0.05, 0) is 25.1 Å². The fourth-order valence-electron chi connectivity index (χ4n) is 1.26. The van der Waals surface area contributed by atoms with Gasteiger partial charge >= 0.3 is 0 Å². The molecule has 3 N–H and O–H groups in total. The van der Waals surface area contributed by atoms with Gasteiger partial charge in [0.1, 0.15) is 0 Å². The first-order valence-electron chi connectivity index (χ1n) is 5.44. The smallest absolute Gasteiger partial charge is 0.235 e. The normalized spacial score (nSPS) is 12.3. The first-order valence-corrected chi connectivity index (χ1v) is 6.43. The van der Waals surface area contributed by atoms with Crippen molar-refractivity contribution in [3.05, 3.63) is 30.3 Å². The molecule has 0 aliphatic carbocycles. The Kier molecular flexibility index (Phi) is 5.96. The maximum Gasteiger partial charge on any atom is 0.235 e. The van der Waals surface area contributed by atoms with Gasteiger partial charge in [0.25, 0.3) is 0 Å². The first kappa shape index (κ1) is 13.1. The zero-order valence-electron chi connectivity index (χ0n) is 9.48. The number of nitrogens with one attached hydrogen (secondary N) is 1. The highest BCUT2D eigenvalue weighted by Crippen LogP contribution is 2.17. The Morgan fingerprint density at radius 3 is 2.69 bits per heavy atom. The third kappa shape index (κ3) is 4.68. The fourth-order valence-corrected chi connectivity index (χ4v) is 2.25. The average molecular weight is 238 g/mol. The van der Waals surface area contributed by atoms with Crippen LogP contribution in [-0.4, -0.2) is 24.2 Å². The molecule has 1 aromatic carbocycles. The number of hydrogen-bond acceptors (Lipinski definition) is 3. The molecule has 16 heavy (non-hydrogen) atoms. The minimum absolute atomic E-state index is 0.245. The molecular formula is C12H18N2OS. The summed E-state index contributed by atoms with van der Waals surface area (Å²) < 4.78 is 0. The van der Waals surface area contributed by atoms with Crippen molar-refractivity contribution in [2.24, 2.45) is 5.73 Å². The molecule has 0 saturated carbocycles. The molecule has 0 aliphatic heterocycles. The largest absolute Gasteiger partial charge is 0.368 e. The molecule has 1 amide bonds. The summed E-state index contributed by atoms with van der Waals surface area (Å²) in [5.74, 6) is 0.399. The van der Waals surface area contributed by atoms with Crippen molar-refractivity contribution in [1.29, 1.82) is 0 Å². The molecule has 1 atom stereocenters. The van der Waals surface area contributed by atoms with Crippen molar-refractivity contribution in [3.8, 4) is 0 Å². The lowest BCUT2D eigenvalue weighted by atomic mass is 10.3. The SMILES string of the molecule is CCCNC(CSc1ccccc1)C(N)=O. The number of nitrogens with two attached hydrogens (primary N) is 1. The van der Waals surface area contributed by atoms with Crippen molar-refractivity contribution in [2.45, 2.75) is 24.3 Å². The molecule has 4 heteroatoms. The molecule has 0 aromatic heterocycles. The quantitative estimate of drug-likeness (QED) is 0.710. The van der Waals surface area contributed by atoms with Gasteiger partial charge in [0, 0.05) is 10.6 Å². The predicted octanol–water partition coefficient (Wildman–Crippen LogP) is 1.63. The third-order valence-electron chi connectivity index (χ3n) is 2.14. The maximum atomic E-state index is 11.2.